The molecule has 0 fully saturated rings. The summed E-state index contributed by atoms with van der Waals surface area (Å²) in [4.78, 5) is 41.2. The summed E-state index contributed by atoms with van der Waals surface area (Å²) in [5.41, 5.74) is 1.75. The Kier molecular flexibility index (Phi) is 8.30. The standard InChI is InChI=1S/C31H21BrN4O6/c1-41-25-14-9-21(10-15-25)30-34-27-5-3-2-4-26(27)31(38)35(30)33-19-22-18-23(32)11-16-28(22)42-29(37)17-8-20-6-12-24(13-7-20)36(39)40/h2-19H,1H3/b17-8+,33-19?. The molecule has 208 valence electrons. The molecule has 0 aliphatic heterocycles. The Balaban J connectivity index is 1.48. The average Bonchev–Trinajstić information content (AvgIpc) is 3.01. The number of esters is 1. The van der Waals surface area contributed by atoms with Crippen molar-refractivity contribution in [1.82, 2.24) is 9.66 Å². The molecule has 0 amide bonds. The van der Waals surface area contributed by atoms with E-state index in [1.165, 1.54) is 47.3 Å². The Labute approximate surface area is 247 Å². The molecule has 0 saturated heterocycles. The van der Waals surface area contributed by atoms with E-state index in [0.29, 0.717) is 43.6 Å². The van der Waals surface area contributed by atoms with Crippen molar-refractivity contribution in [2.75, 3.05) is 7.11 Å². The lowest BCUT2D eigenvalue weighted by molar-refractivity contribution is -0.384. The van der Waals surface area contributed by atoms with Crippen molar-refractivity contribution in [3.05, 3.63) is 133 Å². The molecule has 4 aromatic carbocycles. The average molecular weight is 625 g/mol. The third kappa shape index (κ3) is 6.31. The lowest BCUT2D eigenvalue weighted by atomic mass is 10.2. The maximum Gasteiger partial charge on any atom is 0.336 e. The van der Waals surface area contributed by atoms with Crippen LogP contribution in [0.1, 0.15) is 11.1 Å². The number of halogens is 1. The number of hydrogen-bond acceptors (Lipinski definition) is 8. The van der Waals surface area contributed by atoms with Gasteiger partial charge in [0.05, 0.1) is 29.2 Å². The molecule has 42 heavy (non-hydrogen) atoms. The second-order valence-electron chi connectivity index (χ2n) is 8.83. The topological polar surface area (TPSA) is 126 Å². The number of para-hydroxylation sites is 1. The number of benzene rings is 4. The number of ether oxygens (including phenoxy) is 2. The smallest absolute Gasteiger partial charge is 0.336 e. The van der Waals surface area contributed by atoms with E-state index in [1.807, 2.05) is 0 Å². The number of nitro groups is 1. The van der Waals surface area contributed by atoms with E-state index in [4.69, 9.17) is 14.5 Å². The first-order valence-electron chi connectivity index (χ1n) is 12.5. The number of fused-ring (bicyclic) bond motifs is 1. The van der Waals surface area contributed by atoms with Crippen LogP contribution in [0.5, 0.6) is 11.5 Å². The summed E-state index contributed by atoms with van der Waals surface area (Å²) < 4.78 is 12.7. The van der Waals surface area contributed by atoms with Crippen LogP contribution >= 0.6 is 15.9 Å². The van der Waals surface area contributed by atoms with Crippen molar-refractivity contribution in [3.8, 4) is 22.9 Å². The summed E-state index contributed by atoms with van der Waals surface area (Å²) in [5.74, 6) is 0.499. The highest BCUT2D eigenvalue weighted by Gasteiger charge is 2.14. The molecular formula is C31H21BrN4O6. The Morgan fingerprint density at radius 2 is 1.76 bits per heavy atom. The van der Waals surface area contributed by atoms with Gasteiger partial charge in [-0.15, -0.1) is 0 Å². The molecule has 0 bridgehead atoms. The number of rotatable bonds is 8. The molecule has 0 aliphatic carbocycles. The SMILES string of the molecule is COc1ccc(-c2nc3ccccc3c(=O)n2N=Cc2cc(Br)ccc2OC(=O)/C=C/c2ccc([N+](=O)[O-])cc2)cc1. The zero-order chi connectivity index (χ0) is 29.6. The van der Waals surface area contributed by atoms with Crippen molar-refractivity contribution in [3.63, 3.8) is 0 Å². The molecule has 0 atom stereocenters. The number of carbonyl (C=O) groups excluding carboxylic acids is 1. The van der Waals surface area contributed by atoms with Gasteiger partial charge in [-0.25, -0.2) is 9.78 Å². The van der Waals surface area contributed by atoms with Gasteiger partial charge in [-0.3, -0.25) is 14.9 Å². The van der Waals surface area contributed by atoms with Crippen molar-refractivity contribution >= 4 is 50.8 Å². The first kappa shape index (κ1) is 28.1. The first-order valence-corrected chi connectivity index (χ1v) is 13.3. The molecule has 5 aromatic rings. The van der Waals surface area contributed by atoms with Gasteiger partial charge >= 0.3 is 5.97 Å². The highest BCUT2D eigenvalue weighted by molar-refractivity contribution is 9.10. The molecule has 0 saturated carbocycles. The van der Waals surface area contributed by atoms with E-state index in [9.17, 15) is 19.7 Å². The second kappa shape index (κ2) is 12.4. The quantitative estimate of drug-likeness (QED) is 0.0499. The van der Waals surface area contributed by atoms with Crippen molar-refractivity contribution < 1.29 is 19.2 Å². The number of carbonyl (C=O) groups is 1. The van der Waals surface area contributed by atoms with E-state index in [0.717, 1.165) is 0 Å². The number of non-ortho nitro benzene ring substituents is 1. The summed E-state index contributed by atoms with van der Waals surface area (Å²) in [5, 5.41) is 15.7. The third-order valence-electron chi connectivity index (χ3n) is 6.11. The van der Waals surface area contributed by atoms with Gasteiger partial charge in [-0.2, -0.15) is 9.78 Å². The fourth-order valence-corrected chi connectivity index (χ4v) is 4.38. The van der Waals surface area contributed by atoms with E-state index in [-0.39, 0.29) is 17.0 Å². The van der Waals surface area contributed by atoms with Gasteiger partial charge in [0.15, 0.2) is 5.82 Å². The zero-order valence-corrected chi connectivity index (χ0v) is 23.6. The fraction of sp³-hybridized carbons (Fsp3) is 0.0323. The molecular weight excluding hydrogens is 604 g/mol. The van der Waals surface area contributed by atoms with Crippen LogP contribution in [-0.4, -0.2) is 33.9 Å². The number of methoxy groups -OCH3 is 1. The number of hydrogen-bond donors (Lipinski definition) is 0. The number of aromatic nitrogens is 2. The summed E-state index contributed by atoms with van der Waals surface area (Å²) in [6.07, 6.45) is 4.11. The van der Waals surface area contributed by atoms with E-state index in [1.54, 1.807) is 73.8 Å². The molecule has 11 heteroatoms. The predicted molar refractivity (Wildman–Crippen MR) is 163 cm³/mol. The van der Waals surface area contributed by atoms with Gasteiger partial charge in [0.25, 0.3) is 11.2 Å². The van der Waals surface area contributed by atoms with Crippen LogP contribution in [0.4, 0.5) is 5.69 Å². The van der Waals surface area contributed by atoms with Crippen molar-refractivity contribution in [2.24, 2.45) is 5.10 Å². The van der Waals surface area contributed by atoms with Crippen LogP contribution in [0.25, 0.3) is 28.4 Å². The molecule has 0 spiro atoms. The van der Waals surface area contributed by atoms with Crippen LogP contribution in [0.3, 0.4) is 0 Å². The summed E-state index contributed by atoms with van der Waals surface area (Å²) in [7, 11) is 1.57. The third-order valence-corrected chi connectivity index (χ3v) is 6.61. The fourth-order valence-electron chi connectivity index (χ4n) is 4.00. The minimum atomic E-state index is -0.672. The van der Waals surface area contributed by atoms with Crippen LogP contribution in [0, 0.1) is 10.1 Å². The van der Waals surface area contributed by atoms with Crippen LogP contribution in [-0.2, 0) is 4.79 Å². The molecule has 0 N–H and O–H groups in total. The van der Waals surface area contributed by atoms with Gasteiger partial charge in [0.1, 0.15) is 11.5 Å². The highest BCUT2D eigenvalue weighted by atomic mass is 79.9. The Morgan fingerprint density at radius 1 is 1.02 bits per heavy atom. The van der Waals surface area contributed by atoms with Gasteiger partial charge in [-0.05, 0) is 78.4 Å². The normalized spacial score (nSPS) is 11.3. The van der Waals surface area contributed by atoms with Gasteiger partial charge in [-0.1, -0.05) is 28.1 Å². The molecule has 0 aliphatic rings. The maximum atomic E-state index is 13.5. The second-order valence-corrected chi connectivity index (χ2v) is 9.74. The largest absolute Gasteiger partial charge is 0.497 e. The minimum absolute atomic E-state index is 0.0515. The Bertz CT molecular complexity index is 1920. The highest BCUT2D eigenvalue weighted by Crippen LogP contribution is 2.24. The lowest BCUT2D eigenvalue weighted by Crippen LogP contribution is -2.20. The van der Waals surface area contributed by atoms with Gasteiger partial charge in [0.2, 0.25) is 0 Å². The van der Waals surface area contributed by atoms with Gasteiger partial charge < -0.3 is 9.47 Å². The summed E-state index contributed by atoms with van der Waals surface area (Å²) in [6.45, 7) is 0. The molecule has 0 radical (unpaired) electrons. The molecule has 1 aromatic heterocycles. The summed E-state index contributed by atoms with van der Waals surface area (Å²) in [6, 6.07) is 24.8. The summed E-state index contributed by atoms with van der Waals surface area (Å²) >= 11 is 3.42. The molecule has 0 unspecified atom stereocenters. The minimum Gasteiger partial charge on any atom is -0.497 e. The predicted octanol–water partition coefficient (Wildman–Crippen LogP) is 6.24. The molecule has 10 nitrogen and oxygen atoms in total. The first-order chi connectivity index (χ1) is 20.3. The maximum absolute atomic E-state index is 13.5. The Morgan fingerprint density at radius 3 is 2.48 bits per heavy atom. The monoisotopic (exact) mass is 624 g/mol. The Hall–Kier alpha value is -5.42. The number of nitrogens with zero attached hydrogens (tertiary/aromatic N) is 4. The van der Waals surface area contributed by atoms with E-state index in [2.05, 4.69) is 21.0 Å². The van der Waals surface area contributed by atoms with Crippen LogP contribution in [0.15, 0.2) is 111 Å². The lowest BCUT2D eigenvalue weighted by Gasteiger charge is -2.11. The van der Waals surface area contributed by atoms with E-state index < -0.39 is 10.9 Å². The molecule has 1 heterocycles. The van der Waals surface area contributed by atoms with Crippen LogP contribution in [0.2, 0.25) is 0 Å². The van der Waals surface area contributed by atoms with Crippen LogP contribution < -0.4 is 15.0 Å². The zero-order valence-electron chi connectivity index (χ0n) is 22.0. The van der Waals surface area contributed by atoms with Crippen molar-refractivity contribution in [1.29, 1.82) is 0 Å². The van der Waals surface area contributed by atoms with Crippen molar-refractivity contribution in [2.45, 2.75) is 0 Å². The molecule has 5 rings (SSSR count). The number of nitro benzene ring substituents is 1. The van der Waals surface area contributed by atoms with E-state index >= 15 is 0 Å². The van der Waals surface area contributed by atoms with Gasteiger partial charge in [0, 0.05) is 33.8 Å².